The number of halogens is 1. The first-order valence-corrected chi connectivity index (χ1v) is 9.06. The lowest BCUT2D eigenvalue weighted by atomic mass is 9.64. The fourth-order valence-corrected chi connectivity index (χ4v) is 3.00. The molecule has 25 heavy (non-hydrogen) atoms. The van der Waals surface area contributed by atoms with Gasteiger partial charge in [0.2, 0.25) is 0 Å². The fourth-order valence-electron chi connectivity index (χ4n) is 3.00. The van der Waals surface area contributed by atoms with E-state index in [0.29, 0.717) is 12.1 Å². The third-order valence-electron chi connectivity index (χ3n) is 4.93. The van der Waals surface area contributed by atoms with E-state index in [1.165, 1.54) is 6.42 Å². The summed E-state index contributed by atoms with van der Waals surface area (Å²) in [5.74, 6) is 0.857. The highest BCUT2D eigenvalue weighted by atomic mass is 127. The Kier molecular flexibility index (Phi) is 9.71. The molecule has 0 aromatic carbocycles. The molecule has 2 N–H and O–H groups in total. The van der Waals surface area contributed by atoms with Crippen LogP contribution in [-0.4, -0.2) is 43.3 Å². The molecule has 0 bridgehead atoms. The Bertz CT molecular complexity index is 521. The number of guanidine groups is 1. The minimum absolute atomic E-state index is 0. The number of pyridine rings is 1. The molecule has 0 aliphatic heterocycles. The van der Waals surface area contributed by atoms with E-state index >= 15 is 0 Å². The Morgan fingerprint density at radius 1 is 1.40 bits per heavy atom. The van der Waals surface area contributed by atoms with E-state index in [0.717, 1.165) is 44.1 Å². The van der Waals surface area contributed by atoms with E-state index in [1.807, 2.05) is 31.4 Å². The lowest BCUT2D eigenvalue weighted by Crippen LogP contribution is -2.63. The van der Waals surface area contributed by atoms with E-state index in [-0.39, 0.29) is 29.4 Å². The summed E-state index contributed by atoms with van der Waals surface area (Å²) in [6.07, 6.45) is 6.42. The molecule has 1 aliphatic rings. The number of hydrogen-bond acceptors (Lipinski definition) is 3. The van der Waals surface area contributed by atoms with Crippen LogP contribution in [0.2, 0.25) is 0 Å². The molecular formula is C19H33IN4O. The molecule has 2 rings (SSSR count). The predicted octanol–water partition coefficient (Wildman–Crippen LogP) is 3.39. The average Bonchev–Trinajstić information content (AvgIpc) is 2.59. The second-order valence-corrected chi connectivity index (χ2v) is 7.04. The Labute approximate surface area is 169 Å². The second kappa shape index (κ2) is 11.0. The molecule has 1 aliphatic carbocycles. The van der Waals surface area contributed by atoms with Crippen LogP contribution in [0.3, 0.4) is 0 Å². The van der Waals surface area contributed by atoms with Crippen molar-refractivity contribution in [2.24, 2.45) is 10.4 Å². The van der Waals surface area contributed by atoms with Crippen molar-refractivity contribution in [3.63, 3.8) is 0 Å². The SMILES string of the molecule is CCCCOC1CC(NC(=NC)NCCc2ccccn2)C1(C)C.I. The van der Waals surface area contributed by atoms with Crippen LogP contribution in [0.25, 0.3) is 0 Å². The zero-order valence-electron chi connectivity index (χ0n) is 15.9. The normalized spacial score (nSPS) is 21.8. The van der Waals surface area contributed by atoms with Crippen molar-refractivity contribution < 1.29 is 4.74 Å². The molecule has 0 amide bonds. The van der Waals surface area contributed by atoms with E-state index in [2.05, 4.69) is 41.4 Å². The van der Waals surface area contributed by atoms with Gasteiger partial charge in [-0.2, -0.15) is 0 Å². The van der Waals surface area contributed by atoms with Gasteiger partial charge in [-0.1, -0.05) is 33.3 Å². The number of ether oxygens (including phenoxy) is 1. The molecule has 5 nitrogen and oxygen atoms in total. The Hall–Kier alpha value is -0.890. The van der Waals surface area contributed by atoms with Crippen molar-refractivity contribution in [1.82, 2.24) is 15.6 Å². The van der Waals surface area contributed by atoms with E-state index < -0.39 is 0 Å². The van der Waals surface area contributed by atoms with Crippen molar-refractivity contribution in [3.8, 4) is 0 Å². The first-order chi connectivity index (χ1) is 11.6. The standard InChI is InChI=1S/C19H32N4O.HI/c1-5-6-13-24-17-14-16(19(17,2)3)23-18(20-4)22-12-10-15-9-7-8-11-21-15;/h7-9,11,16-17H,5-6,10,12-14H2,1-4H3,(H2,20,22,23);1H. The summed E-state index contributed by atoms with van der Waals surface area (Å²) in [5, 5.41) is 6.92. The molecule has 1 fully saturated rings. The van der Waals surface area contributed by atoms with Crippen molar-refractivity contribution in [1.29, 1.82) is 0 Å². The summed E-state index contributed by atoms with van der Waals surface area (Å²) in [6, 6.07) is 6.40. The lowest BCUT2D eigenvalue weighted by molar-refractivity contribution is -0.113. The van der Waals surface area contributed by atoms with E-state index in [4.69, 9.17) is 4.74 Å². The number of nitrogens with one attached hydrogen (secondary N) is 2. The van der Waals surface area contributed by atoms with Gasteiger partial charge < -0.3 is 15.4 Å². The molecule has 2 unspecified atom stereocenters. The molecule has 2 atom stereocenters. The second-order valence-electron chi connectivity index (χ2n) is 7.04. The maximum atomic E-state index is 6.01. The van der Waals surface area contributed by atoms with E-state index in [1.54, 1.807) is 0 Å². The maximum Gasteiger partial charge on any atom is 0.191 e. The summed E-state index contributed by atoms with van der Waals surface area (Å²) in [6.45, 7) is 8.42. The van der Waals surface area contributed by atoms with Crippen LogP contribution < -0.4 is 10.6 Å². The predicted molar refractivity (Wildman–Crippen MR) is 115 cm³/mol. The summed E-state index contributed by atoms with van der Waals surface area (Å²) >= 11 is 0. The van der Waals surface area contributed by atoms with Crippen molar-refractivity contribution in [2.75, 3.05) is 20.2 Å². The third kappa shape index (κ3) is 6.40. The molecule has 1 heterocycles. The Morgan fingerprint density at radius 3 is 2.80 bits per heavy atom. The maximum absolute atomic E-state index is 6.01. The minimum atomic E-state index is 0. The van der Waals surface area contributed by atoms with Crippen LogP contribution in [0.15, 0.2) is 29.4 Å². The molecule has 142 valence electrons. The third-order valence-corrected chi connectivity index (χ3v) is 4.93. The van der Waals surface area contributed by atoms with Crippen LogP contribution in [0.5, 0.6) is 0 Å². The van der Waals surface area contributed by atoms with Crippen molar-refractivity contribution >= 4 is 29.9 Å². The van der Waals surface area contributed by atoms with Gasteiger partial charge in [-0.3, -0.25) is 9.98 Å². The molecule has 1 aromatic rings. The van der Waals surface area contributed by atoms with Crippen LogP contribution in [0.4, 0.5) is 0 Å². The van der Waals surface area contributed by atoms with Gasteiger partial charge in [0.15, 0.2) is 5.96 Å². The zero-order valence-corrected chi connectivity index (χ0v) is 18.2. The molecule has 1 saturated carbocycles. The molecule has 0 radical (unpaired) electrons. The first-order valence-electron chi connectivity index (χ1n) is 9.06. The van der Waals surface area contributed by atoms with Gasteiger partial charge in [0.1, 0.15) is 0 Å². The number of nitrogens with zero attached hydrogens (tertiary/aromatic N) is 2. The highest BCUT2D eigenvalue weighted by molar-refractivity contribution is 14.0. The number of unbranched alkanes of at least 4 members (excludes halogenated alkanes) is 1. The van der Waals surface area contributed by atoms with Crippen LogP contribution in [-0.2, 0) is 11.2 Å². The van der Waals surface area contributed by atoms with E-state index in [9.17, 15) is 0 Å². The van der Waals surface area contributed by atoms with Crippen LogP contribution in [0.1, 0.15) is 45.7 Å². The number of hydrogen-bond donors (Lipinski definition) is 2. The van der Waals surface area contributed by atoms with Gasteiger partial charge in [-0.25, -0.2) is 0 Å². The smallest absolute Gasteiger partial charge is 0.191 e. The van der Waals surface area contributed by atoms with Crippen LogP contribution in [0, 0.1) is 5.41 Å². The fraction of sp³-hybridized carbons (Fsp3) is 0.684. The summed E-state index contributed by atoms with van der Waals surface area (Å²) < 4.78 is 6.01. The number of aliphatic imine (C=N–C) groups is 1. The first kappa shape index (κ1) is 22.2. The number of rotatable bonds is 8. The lowest BCUT2D eigenvalue weighted by Gasteiger charge is -2.52. The van der Waals surface area contributed by atoms with Gasteiger partial charge in [-0.05, 0) is 25.0 Å². The Morgan fingerprint density at radius 2 is 2.20 bits per heavy atom. The Balaban J connectivity index is 0.00000312. The van der Waals surface area contributed by atoms with Gasteiger partial charge in [0.05, 0.1) is 6.10 Å². The van der Waals surface area contributed by atoms with Crippen molar-refractivity contribution in [2.45, 2.75) is 58.6 Å². The van der Waals surface area contributed by atoms with Gasteiger partial charge in [0, 0.05) is 50.0 Å². The highest BCUT2D eigenvalue weighted by Crippen LogP contribution is 2.42. The molecule has 1 aromatic heterocycles. The van der Waals surface area contributed by atoms with Gasteiger partial charge >= 0.3 is 0 Å². The summed E-state index contributed by atoms with van der Waals surface area (Å²) in [5.41, 5.74) is 1.22. The quantitative estimate of drug-likeness (QED) is 0.270. The monoisotopic (exact) mass is 460 g/mol. The molecular weight excluding hydrogens is 427 g/mol. The average molecular weight is 460 g/mol. The van der Waals surface area contributed by atoms with Gasteiger partial charge in [0.25, 0.3) is 0 Å². The summed E-state index contributed by atoms with van der Waals surface area (Å²) in [7, 11) is 1.82. The zero-order chi connectivity index (χ0) is 17.4. The minimum Gasteiger partial charge on any atom is -0.378 e. The largest absolute Gasteiger partial charge is 0.378 e. The van der Waals surface area contributed by atoms with Crippen molar-refractivity contribution in [3.05, 3.63) is 30.1 Å². The molecule has 0 spiro atoms. The molecule has 0 saturated heterocycles. The number of aromatic nitrogens is 1. The topological polar surface area (TPSA) is 58.5 Å². The van der Waals surface area contributed by atoms with Gasteiger partial charge in [-0.15, -0.1) is 24.0 Å². The summed E-state index contributed by atoms with van der Waals surface area (Å²) in [4.78, 5) is 8.68. The van der Waals surface area contributed by atoms with Crippen LogP contribution >= 0.6 is 24.0 Å². The highest BCUT2D eigenvalue weighted by Gasteiger charge is 2.49. The molecule has 6 heteroatoms.